The summed E-state index contributed by atoms with van der Waals surface area (Å²) in [6.07, 6.45) is 7.89. The van der Waals surface area contributed by atoms with Crippen molar-refractivity contribution in [2.24, 2.45) is 5.92 Å². The highest BCUT2D eigenvalue weighted by Gasteiger charge is 2.31. The first-order valence-corrected chi connectivity index (χ1v) is 6.73. The quantitative estimate of drug-likeness (QED) is 0.801. The Hall–Kier alpha value is -1.09. The van der Waals surface area contributed by atoms with Crippen LogP contribution in [0.1, 0.15) is 24.8 Å². The Kier molecular flexibility index (Phi) is 3.02. The van der Waals surface area contributed by atoms with Crippen molar-refractivity contribution >= 4 is 5.69 Å². The van der Waals surface area contributed by atoms with Gasteiger partial charge in [0.2, 0.25) is 0 Å². The molecule has 0 aromatic carbocycles. The SMILES string of the molecule is Cc1cnccc1N1CCC2NCCCC2C1. The van der Waals surface area contributed by atoms with Crippen molar-refractivity contribution in [3.8, 4) is 0 Å². The molecule has 2 fully saturated rings. The van der Waals surface area contributed by atoms with E-state index < -0.39 is 0 Å². The average Bonchev–Trinajstić information content (AvgIpc) is 2.39. The average molecular weight is 231 g/mol. The molecule has 2 unspecified atom stereocenters. The summed E-state index contributed by atoms with van der Waals surface area (Å²) in [5.41, 5.74) is 2.68. The largest absolute Gasteiger partial charge is 0.371 e. The van der Waals surface area contributed by atoms with Crippen LogP contribution in [0.4, 0.5) is 5.69 Å². The van der Waals surface area contributed by atoms with Gasteiger partial charge < -0.3 is 10.2 Å². The molecule has 0 saturated carbocycles. The van der Waals surface area contributed by atoms with Crippen molar-refractivity contribution in [3.63, 3.8) is 0 Å². The molecule has 0 radical (unpaired) electrons. The lowest BCUT2D eigenvalue weighted by atomic mass is 9.85. The molecule has 17 heavy (non-hydrogen) atoms. The predicted molar refractivity (Wildman–Crippen MR) is 70.3 cm³/mol. The predicted octanol–water partition coefficient (Wildman–Crippen LogP) is 1.97. The molecule has 92 valence electrons. The van der Waals surface area contributed by atoms with Crippen LogP contribution in [0.15, 0.2) is 18.5 Å². The zero-order valence-corrected chi connectivity index (χ0v) is 10.5. The summed E-state index contributed by atoms with van der Waals surface area (Å²) in [5, 5.41) is 3.67. The second-order valence-corrected chi connectivity index (χ2v) is 5.36. The zero-order chi connectivity index (χ0) is 11.7. The Morgan fingerprint density at radius 1 is 1.41 bits per heavy atom. The van der Waals surface area contributed by atoms with Gasteiger partial charge in [-0.15, -0.1) is 0 Å². The number of hydrogen-bond donors (Lipinski definition) is 1. The van der Waals surface area contributed by atoms with Gasteiger partial charge in [0, 0.05) is 37.2 Å². The number of fused-ring (bicyclic) bond motifs is 1. The number of nitrogens with one attached hydrogen (secondary N) is 1. The Morgan fingerprint density at radius 3 is 3.24 bits per heavy atom. The maximum absolute atomic E-state index is 4.18. The standard InChI is InChI=1S/C14H21N3/c1-11-9-15-7-4-14(11)17-8-5-13-12(10-17)3-2-6-16-13/h4,7,9,12-13,16H,2-3,5-6,8,10H2,1H3. The van der Waals surface area contributed by atoms with Crippen LogP contribution in [-0.2, 0) is 0 Å². The first-order chi connectivity index (χ1) is 8.34. The van der Waals surface area contributed by atoms with E-state index in [1.807, 2.05) is 12.4 Å². The topological polar surface area (TPSA) is 28.2 Å². The summed E-state index contributed by atoms with van der Waals surface area (Å²) < 4.78 is 0. The summed E-state index contributed by atoms with van der Waals surface area (Å²) in [7, 11) is 0. The van der Waals surface area contributed by atoms with Crippen LogP contribution in [-0.4, -0.2) is 30.7 Å². The smallest absolute Gasteiger partial charge is 0.0426 e. The molecule has 2 aliphatic heterocycles. The van der Waals surface area contributed by atoms with Crippen molar-refractivity contribution in [1.82, 2.24) is 10.3 Å². The molecule has 2 aliphatic rings. The number of aryl methyl sites for hydroxylation is 1. The lowest BCUT2D eigenvalue weighted by Crippen LogP contribution is -2.52. The second kappa shape index (κ2) is 4.65. The fourth-order valence-electron chi connectivity index (χ4n) is 3.28. The number of pyridine rings is 1. The van der Waals surface area contributed by atoms with Crippen molar-refractivity contribution in [1.29, 1.82) is 0 Å². The van der Waals surface area contributed by atoms with Crippen LogP contribution in [0.2, 0.25) is 0 Å². The van der Waals surface area contributed by atoms with Gasteiger partial charge in [0.25, 0.3) is 0 Å². The van der Waals surface area contributed by atoms with Crippen LogP contribution in [0.3, 0.4) is 0 Å². The lowest BCUT2D eigenvalue weighted by molar-refractivity contribution is 0.244. The number of hydrogen-bond acceptors (Lipinski definition) is 3. The summed E-state index contributed by atoms with van der Waals surface area (Å²) in [4.78, 5) is 6.73. The molecule has 3 nitrogen and oxygen atoms in total. The van der Waals surface area contributed by atoms with E-state index in [1.54, 1.807) is 0 Å². The van der Waals surface area contributed by atoms with Crippen LogP contribution in [0.5, 0.6) is 0 Å². The highest BCUT2D eigenvalue weighted by atomic mass is 15.2. The minimum Gasteiger partial charge on any atom is -0.371 e. The normalized spacial score (nSPS) is 28.9. The summed E-state index contributed by atoms with van der Waals surface area (Å²) in [6.45, 7) is 5.77. The van der Waals surface area contributed by atoms with Crippen molar-refractivity contribution < 1.29 is 0 Å². The molecular weight excluding hydrogens is 210 g/mol. The second-order valence-electron chi connectivity index (χ2n) is 5.36. The number of aromatic nitrogens is 1. The molecule has 0 spiro atoms. The van der Waals surface area contributed by atoms with Gasteiger partial charge in [-0.1, -0.05) is 0 Å². The first-order valence-electron chi connectivity index (χ1n) is 6.73. The van der Waals surface area contributed by atoms with Crippen molar-refractivity contribution in [2.45, 2.75) is 32.2 Å². The van der Waals surface area contributed by atoms with Gasteiger partial charge in [-0.2, -0.15) is 0 Å². The molecule has 1 aromatic rings. The molecule has 3 heterocycles. The van der Waals surface area contributed by atoms with E-state index in [0.717, 1.165) is 12.0 Å². The molecule has 3 rings (SSSR count). The van der Waals surface area contributed by atoms with Crippen molar-refractivity contribution in [2.75, 3.05) is 24.5 Å². The van der Waals surface area contributed by atoms with E-state index in [2.05, 4.69) is 28.2 Å². The van der Waals surface area contributed by atoms with Crippen LogP contribution in [0.25, 0.3) is 0 Å². The van der Waals surface area contributed by atoms with E-state index >= 15 is 0 Å². The number of piperidine rings is 2. The fraction of sp³-hybridized carbons (Fsp3) is 0.643. The van der Waals surface area contributed by atoms with E-state index in [-0.39, 0.29) is 0 Å². The van der Waals surface area contributed by atoms with E-state index in [4.69, 9.17) is 0 Å². The maximum atomic E-state index is 4.18. The number of nitrogens with zero attached hydrogens (tertiary/aromatic N) is 2. The molecule has 3 heteroatoms. The Labute approximate surface area is 103 Å². The van der Waals surface area contributed by atoms with Crippen LogP contribution < -0.4 is 10.2 Å². The molecule has 1 N–H and O–H groups in total. The van der Waals surface area contributed by atoms with E-state index in [0.29, 0.717) is 0 Å². The summed E-state index contributed by atoms with van der Waals surface area (Å²) in [6, 6.07) is 2.92. The van der Waals surface area contributed by atoms with Gasteiger partial charge in [-0.3, -0.25) is 4.98 Å². The summed E-state index contributed by atoms with van der Waals surface area (Å²) in [5.74, 6) is 0.838. The van der Waals surface area contributed by atoms with Crippen molar-refractivity contribution in [3.05, 3.63) is 24.0 Å². The van der Waals surface area contributed by atoms with Gasteiger partial charge in [-0.05, 0) is 50.3 Å². The molecule has 0 amide bonds. The van der Waals surface area contributed by atoms with E-state index in [9.17, 15) is 0 Å². The van der Waals surface area contributed by atoms with Gasteiger partial charge in [0.05, 0.1) is 0 Å². The van der Waals surface area contributed by atoms with Gasteiger partial charge in [0.1, 0.15) is 0 Å². The van der Waals surface area contributed by atoms with Gasteiger partial charge in [0.15, 0.2) is 0 Å². The van der Waals surface area contributed by atoms with Gasteiger partial charge >= 0.3 is 0 Å². The van der Waals surface area contributed by atoms with Gasteiger partial charge in [-0.25, -0.2) is 0 Å². The highest BCUT2D eigenvalue weighted by molar-refractivity contribution is 5.52. The lowest BCUT2D eigenvalue weighted by Gasteiger charge is -2.43. The highest BCUT2D eigenvalue weighted by Crippen LogP contribution is 2.29. The first kappa shape index (κ1) is 11.0. The van der Waals surface area contributed by atoms with Crippen LogP contribution >= 0.6 is 0 Å². The Balaban J connectivity index is 1.76. The zero-order valence-electron chi connectivity index (χ0n) is 10.5. The molecule has 2 saturated heterocycles. The third kappa shape index (κ3) is 2.16. The molecular formula is C14H21N3. The Morgan fingerprint density at radius 2 is 2.35 bits per heavy atom. The third-order valence-electron chi connectivity index (χ3n) is 4.22. The number of anilines is 1. The number of rotatable bonds is 1. The monoisotopic (exact) mass is 231 g/mol. The summed E-state index contributed by atoms with van der Waals surface area (Å²) >= 11 is 0. The molecule has 2 atom stereocenters. The molecule has 0 aliphatic carbocycles. The molecule has 0 bridgehead atoms. The van der Waals surface area contributed by atoms with E-state index in [1.165, 1.54) is 50.1 Å². The minimum atomic E-state index is 0.766. The Bertz CT molecular complexity index is 391. The van der Waals surface area contributed by atoms with Crippen LogP contribution in [0, 0.1) is 12.8 Å². The fourth-order valence-corrected chi connectivity index (χ4v) is 3.28. The minimum absolute atomic E-state index is 0.766. The maximum Gasteiger partial charge on any atom is 0.0426 e. The third-order valence-corrected chi connectivity index (χ3v) is 4.22. The molecule has 1 aromatic heterocycles.